The Morgan fingerprint density at radius 1 is 1.22 bits per heavy atom. The largest absolute Gasteiger partial charge is 0.351 e. The predicted molar refractivity (Wildman–Crippen MR) is 91.9 cm³/mol. The maximum atomic E-state index is 11.9. The molecule has 0 spiro atoms. The van der Waals surface area contributed by atoms with Gasteiger partial charge in [-0.1, -0.05) is 6.07 Å². The fourth-order valence-corrected chi connectivity index (χ4v) is 3.92. The number of allylic oxidation sites excluding steroid dienone is 1. The van der Waals surface area contributed by atoms with E-state index in [2.05, 4.69) is 20.1 Å². The molecule has 1 aromatic heterocycles. The average molecular weight is 328 g/mol. The molecule has 1 aromatic carbocycles. The van der Waals surface area contributed by atoms with Gasteiger partial charge >= 0.3 is 0 Å². The Labute approximate surface area is 134 Å². The molecule has 0 bridgehead atoms. The Bertz CT molecular complexity index is 1010. The van der Waals surface area contributed by atoms with Gasteiger partial charge in [0.25, 0.3) is 10.0 Å². The van der Waals surface area contributed by atoms with E-state index in [1.807, 2.05) is 44.4 Å². The Morgan fingerprint density at radius 2 is 2.04 bits per heavy atom. The number of sulfonamides is 1. The van der Waals surface area contributed by atoms with Crippen LogP contribution in [0.1, 0.15) is 12.5 Å². The summed E-state index contributed by atoms with van der Waals surface area (Å²) in [6, 6.07) is 8.13. The number of amidine groups is 1. The average Bonchev–Trinajstić information content (AvgIpc) is 2.87. The summed E-state index contributed by atoms with van der Waals surface area (Å²) in [6.45, 7) is 2.24. The normalized spacial score (nSPS) is 19.9. The van der Waals surface area contributed by atoms with Crippen LogP contribution in [0.2, 0.25) is 0 Å². The fraction of sp³-hybridized carbons (Fsp3) is 0.250. The van der Waals surface area contributed by atoms with Gasteiger partial charge < -0.3 is 4.57 Å². The zero-order valence-corrected chi connectivity index (χ0v) is 13.7. The molecule has 3 heterocycles. The Balaban J connectivity index is 1.90. The van der Waals surface area contributed by atoms with E-state index in [9.17, 15) is 8.42 Å². The molecule has 0 fully saturated rings. The third-order valence-electron chi connectivity index (χ3n) is 4.10. The number of hydrogen-bond acceptors (Lipinski definition) is 4. The third kappa shape index (κ3) is 2.37. The van der Waals surface area contributed by atoms with Crippen molar-refractivity contribution in [3.63, 3.8) is 0 Å². The van der Waals surface area contributed by atoms with Gasteiger partial charge in [-0.2, -0.15) is 5.10 Å². The lowest BCUT2D eigenvalue weighted by atomic mass is 10.0. The Kier molecular flexibility index (Phi) is 2.96. The SMILES string of the molecule is CC1=NN2CCS(=O)(=O)N=C2C(c2ccc3c(ccn3C)c2)=C1. The molecule has 7 heteroatoms. The second-order valence-electron chi connectivity index (χ2n) is 5.82. The predicted octanol–water partition coefficient (Wildman–Crippen LogP) is 2.00. The van der Waals surface area contributed by atoms with Crippen molar-refractivity contribution < 1.29 is 8.42 Å². The number of nitrogens with zero attached hydrogens (tertiary/aromatic N) is 4. The van der Waals surface area contributed by atoms with Crippen molar-refractivity contribution >= 4 is 38.0 Å². The van der Waals surface area contributed by atoms with E-state index >= 15 is 0 Å². The van der Waals surface area contributed by atoms with Crippen LogP contribution in [0.3, 0.4) is 0 Å². The van der Waals surface area contributed by atoms with Crippen LogP contribution in [-0.4, -0.2) is 41.8 Å². The minimum absolute atomic E-state index is 0.00171. The lowest BCUT2D eigenvalue weighted by molar-refractivity contribution is 0.461. The molecule has 23 heavy (non-hydrogen) atoms. The minimum Gasteiger partial charge on any atom is -0.351 e. The lowest BCUT2D eigenvalue weighted by Gasteiger charge is -2.29. The van der Waals surface area contributed by atoms with Crippen LogP contribution in [0, 0.1) is 0 Å². The van der Waals surface area contributed by atoms with Crippen LogP contribution >= 0.6 is 0 Å². The minimum atomic E-state index is -3.42. The van der Waals surface area contributed by atoms with E-state index in [4.69, 9.17) is 0 Å². The van der Waals surface area contributed by atoms with E-state index in [1.54, 1.807) is 5.01 Å². The summed E-state index contributed by atoms with van der Waals surface area (Å²) in [4.78, 5) is 0. The van der Waals surface area contributed by atoms with Crippen molar-refractivity contribution in [2.45, 2.75) is 6.92 Å². The van der Waals surface area contributed by atoms with E-state index in [0.29, 0.717) is 12.4 Å². The van der Waals surface area contributed by atoms with Crippen molar-refractivity contribution in [3.8, 4) is 0 Å². The molecule has 0 amide bonds. The van der Waals surface area contributed by atoms with Gasteiger partial charge in [0, 0.05) is 29.7 Å². The summed E-state index contributed by atoms with van der Waals surface area (Å²) in [5.41, 5.74) is 3.71. The van der Waals surface area contributed by atoms with Crippen molar-refractivity contribution in [2.75, 3.05) is 12.3 Å². The molecule has 0 unspecified atom stereocenters. The Hall–Kier alpha value is -2.41. The van der Waals surface area contributed by atoms with Gasteiger partial charge in [0.1, 0.15) is 0 Å². The van der Waals surface area contributed by atoms with Gasteiger partial charge in [-0.15, -0.1) is 4.40 Å². The highest BCUT2D eigenvalue weighted by molar-refractivity contribution is 7.90. The highest BCUT2D eigenvalue weighted by Gasteiger charge is 2.29. The van der Waals surface area contributed by atoms with Crippen molar-refractivity contribution in [1.82, 2.24) is 9.58 Å². The van der Waals surface area contributed by atoms with Gasteiger partial charge in [-0.3, -0.25) is 0 Å². The molecule has 6 nitrogen and oxygen atoms in total. The first kappa shape index (κ1) is 14.2. The zero-order valence-electron chi connectivity index (χ0n) is 12.9. The van der Waals surface area contributed by atoms with Crippen LogP contribution in [0.15, 0.2) is 46.0 Å². The quantitative estimate of drug-likeness (QED) is 0.804. The zero-order chi connectivity index (χ0) is 16.2. The summed E-state index contributed by atoms with van der Waals surface area (Å²) >= 11 is 0. The number of fused-ring (bicyclic) bond motifs is 2. The second-order valence-corrected chi connectivity index (χ2v) is 7.58. The molecule has 0 N–H and O–H groups in total. The Morgan fingerprint density at radius 3 is 2.87 bits per heavy atom. The highest BCUT2D eigenvalue weighted by Crippen LogP contribution is 2.28. The number of hydrogen-bond donors (Lipinski definition) is 0. The van der Waals surface area contributed by atoms with E-state index in [0.717, 1.165) is 27.8 Å². The number of benzene rings is 1. The molecule has 2 aromatic rings. The maximum absolute atomic E-state index is 11.9. The molecule has 0 radical (unpaired) electrons. The van der Waals surface area contributed by atoms with Crippen LogP contribution in [0.5, 0.6) is 0 Å². The number of aromatic nitrogens is 1. The summed E-state index contributed by atoms with van der Waals surface area (Å²) in [5, 5.41) is 7.18. The van der Waals surface area contributed by atoms with E-state index in [1.165, 1.54) is 0 Å². The third-order valence-corrected chi connectivity index (χ3v) is 5.25. The summed E-state index contributed by atoms with van der Waals surface area (Å²) in [6.07, 6.45) is 3.89. The first-order valence-electron chi connectivity index (χ1n) is 7.36. The smallest absolute Gasteiger partial charge is 0.256 e. The lowest BCUT2D eigenvalue weighted by Crippen LogP contribution is -2.39. The summed E-state index contributed by atoms with van der Waals surface area (Å²) < 4.78 is 29.8. The van der Waals surface area contributed by atoms with Crippen molar-refractivity contribution in [2.24, 2.45) is 16.5 Å². The van der Waals surface area contributed by atoms with Gasteiger partial charge in [-0.05, 0) is 36.8 Å². The molecular formula is C16H16N4O2S. The van der Waals surface area contributed by atoms with Crippen molar-refractivity contribution in [1.29, 1.82) is 0 Å². The first-order chi connectivity index (χ1) is 10.9. The number of hydrazone groups is 1. The molecule has 2 aliphatic rings. The highest BCUT2D eigenvalue weighted by atomic mass is 32.2. The molecule has 0 saturated heterocycles. The summed E-state index contributed by atoms with van der Waals surface area (Å²) in [5.74, 6) is 0.412. The summed E-state index contributed by atoms with van der Waals surface area (Å²) in [7, 11) is -1.42. The topological polar surface area (TPSA) is 67.0 Å². The molecule has 0 atom stereocenters. The van der Waals surface area contributed by atoms with E-state index in [-0.39, 0.29) is 5.75 Å². The van der Waals surface area contributed by atoms with Crippen molar-refractivity contribution in [3.05, 3.63) is 42.1 Å². The van der Waals surface area contributed by atoms with Crippen LogP contribution in [-0.2, 0) is 17.1 Å². The first-order valence-corrected chi connectivity index (χ1v) is 8.97. The molecule has 4 rings (SSSR count). The second kappa shape index (κ2) is 4.79. The standard InChI is InChI=1S/C16H16N4O2S/c1-11-9-14(16-18-23(21,22)8-7-20(16)17-11)12-3-4-15-13(10-12)5-6-19(15)2/h3-6,9-10H,7-8H2,1-2H3. The molecule has 0 saturated carbocycles. The van der Waals surface area contributed by atoms with E-state index < -0.39 is 10.0 Å². The maximum Gasteiger partial charge on any atom is 0.256 e. The monoisotopic (exact) mass is 328 g/mol. The fourth-order valence-electron chi connectivity index (χ4n) is 2.97. The molecule has 0 aliphatic carbocycles. The van der Waals surface area contributed by atoms with Gasteiger partial charge in [0.2, 0.25) is 0 Å². The molecule has 2 aliphatic heterocycles. The molecular weight excluding hydrogens is 312 g/mol. The number of rotatable bonds is 1. The van der Waals surface area contributed by atoms with Gasteiger partial charge in [0.15, 0.2) is 5.84 Å². The van der Waals surface area contributed by atoms with Crippen LogP contribution in [0.4, 0.5) is 0 Å². The number of aryl methyl sites for hydroxylation is 1. The van der Waals surface area contributed by atoms with Gasteiger partial charge in [-0.25, -0.2) is 13.4 Å². The molecule has 118 valence electrons. The van der Waals surface area contributed by atoms with Crippen LogP contribution in [0.25, 0.3) is 16.5 Å². The van der Waals surface area contributed by atoms with Gasteiger partial charge in [0.05, 0.1) is 18.0 Å². The van der Waals surface area contributed by atoms with Crippen LogP contribution < -0.4 is 0 Å².